The smallest absolute Gasteiger partial charge is 0.264 e. The molecule has 1 aliphatic heterocycles. The van der Waals surface area contributed by atoms with E-state index in [4.69, 9.17) is 4.74 Å². The van der Waals surface area contributed by atoms with Gasteiger partial charge in [-0.2, -0.15) is 4.98 Å². The summed E-state index contributed by atoms with van der Waals surface area (Å²) < 4.78 is 35.6. The zero-order valence-electron chi connectivity index (χ0n) is 22.2. The van der Waals surface area contributed by atoms with Crippen LogP contribution in [0.2, 0.25) is 0 Å². The SMILES string of the molecule is Cc1cccc(C)c1-c1cc2nc(n1)NS(=O)(=O)c1cccc(c1)NCC(c1ccccc1C(C)(C)C)O2. The second kappa shape index (κ2) is 9.76. The maximum atomic E-state index is 13.3. The number of sulfonamides is 1. The highest BCUT2D eigenvalue weighted by Crippen LogP contribution is 2.35. The topological polar surface area (TPSA) is 93.2 Å². The molecule has 8 heteroatoms. The van der Waals surface area contributed by atoms with Gasteiger partial charge in [-0.1, -0.05) is 69.3 Å². The summed E-state index contributed by atoms with van der Waals surface area (Å²) >= 11 is 0. The highest BCUT2D eigenvalue weighted by Gasteiger charge is 2.26. The molecule has 0 radical (unpaired) electrons. The van der Waals surface area contributed by atoms with Crippen molar-refractivity contribution < 1.29 is 13.2 Å². The van der Waals surface area contributed by atoms with Crippen LogP contribution >= 0.6 is 0 Å². The maximum Gasteiger partial charge on any atom is 0.264 e. The number of aromatic nitrogens is 2. The molecule has 4 aromatic rings. The molecule has 2 heterocycles. The standard InChI is InChI=1S/C30H32N4O3S/c1-19-10-8-11-20(2)28(19)25-17-27-33-29(32-25)34-38(35,36)22-13-9-12-21(16-22)31-18-26(37-27)23-14-6-7-15-24(23)30(3,4)5/h6-17,26,31H,18H2,1-5H3,(H,32,33,34). The Balaban J connectivity index is 1.71. The molecule has 4 bridgehead atoms. The number of rotatable bonds is 2. The Kier molecular flexibility index (Phi) is 6.61. The Hall–Kier alpha value is -3.91. The molecule has 5 rings (SSSR count). The van der Waals surface area contributed by atoms with Crippen molar-refractivity contribution in [1.82, 2.24) is 9.97 Å². The number of nitrogens with zero attached hydrogens (tertiary/aromatic N) is 2. The molecule has 1 atom stereocenters. The third-order valence-corrected chi connectivity index (χ3v) is 8.01. The van der Waals surface area contributed by atoms with Gasteiger partial charge in [-0.25, -0.2) is 18.1 Å². The average molecular weight is 529 g/mol. The van der Waals surface area contributed by atoms with Gasteiger partial charge in [-0.15, -0.1) is 0 Å². The van der Waals surface area contributed by atoms with Crippen molar-refractivity contribution in [2.45, 2.75) is 51.0 Å². The minimum Gasteiger partial charge on any atom is -0.467 e. The van der Waals surface area contributed by atoms with Crippen LogP contribution in [0.3, 0.4) is 0 Å². The third kappa shape index (κ3) is 5.22. The number of benzene rings is 3. The quantitative estimate of drug-likeness (QED) is 0.313. The molecule has 0 saturated heterocycles. The van der Waals surface area contributed by atoms with Crippen LogP contribution in [0.1, 0.15) is 49.1 Å². The fourth-order valence-corrected chi connectivity index (χ4v) is 5.85. The first-order valence-electron chi connectivity index (χ1n) is 12.6. The zero-order valence-corrected chi connectivity index (χ0v) is 23.1. The predicted molar refractivity (Wildman–Crippen MR) is 151 cm³/mol. The fraction of sp³-hybridized carbons (Fsp3) is 0.267. The van der Waals surface area contributed by atoms with Crippen LogP contribution in [0.5, 0.6) is 5.88 Å². The summed E-state index contributed by atoms with van der Waals surface area (Å²) in [5.74, 6) is 0.247. The van der Waals surface area contributed by atoms with E-state index in [0.29, 0.717) is 17.9 Å². The molecule has 2 N–H and O–H groups in total. The molecule has 38 heavy (non-hydrogen) atoms. The van der Waals surface area contributed by atoms with Gasteiger partial charge in [0, 0.05) is 17.3 Å². The van der Waals surface area contributed by atoms with Crippen molar-refractivity contribution in [2.24, 2.45) is 0 Å². The molecule has 196 valence electrons. The van der Waals surface area contributed by atoms with Crippen molar-refractivity contribution >= 4 is 21.7 Å². The number of nitrogens with one attached hydrogen (secondary N) is 2. The fourth-order valence-electron chi connectivity index (χ4n) is 4.86. The number of aryl methyl sites for hydroxylation is 2. The van der Waals surface area contributed by atoms with Crippen LogP contribution in [0.25, 0.3) is 11.3 Å². The molecule has 0 aliphatic carbocycles. The normalized spacial score (nSPS) is 16.7. The molecule has 0 saturated carbocycles. The molecule has 0 fully saturated rings. The van der Waals surface area contributed by atoms with Gasteiger partial charge in [0.2, 0.25) is 11.8 Å². The molecule has 3 aromatic carbocycles. The van der Waals surface area contributed by atoms with Gasteiger partial charge >= 0.3 is 0 Å². The van der Waals surface area contributed by atoms with E-state index in [9.17, 15) is 8.42 Å². The second-order valence-electron chi connectivity index (χ2n) is 10.6. The van der Waals surface area contributed by atoms with Gasteiger partial charge in [-0.3, -0.25) is 0 Å². The minimum atomic E-state index is -3.93. The van der Waals surface area contributed by atoms with Crippen molar-refractivity contribution in [2.75, 3.05) is 16.6 Å². The summed E-state index contributed by atoms with van der Waals surface area (Å²) in [5, 5.41) is 3.38. The van der Waals surface area contributed by atoms with Gasteiger partial charge < -0.3 is 10.1 Å². The van der Waals surface area contributed by atoms with Crippen LogP contribution in [-0.4, -0.2) is 24.9 Å². The first-order chi connectivity index (χ1) is 18.0. The Morgan fingerprint density at radius 1 is 0.895 bits per heavy atom. The van der Waals surface area contributed by atoms with Crippen LogP contribution in [0, 0.1) is 13.8 Å². The van der Waals surface area contributed by atoms with Gasteiger partial charge in [0.25, 0.3) is 10.0 Å². The molecule has 7 nitrogen and oxygen atoms in total. The van der Waals surface area contributed by atoms with Gasteiger partial charge in [0.1, 0.15) is 6.10 Å². The number of anilines is 2. The zero-order chi connectivity index (χ0) is 27.1. The number of hydrogen-bond acceptors (Lipinski definition) is 6. The molecule has 1 aromatic heterocycles. The summed E-state index contributed by atoms with van der Waals surface area (Å²) in [7, 11) is -3.93. The molecular weight excluding hydrogens is 496 g/mol. The van der Waals surface area contributed by atoms with E-state index in [1.807, 2.05) is 50.2 Å². The lowest BCUT2D eigenvalue weighted by molar-refractivity contribution is 0.207. The summed E-state index contributed by atoms with van der Waals surface area (Å²) in [6.07, 6.45) is -0.404. The number of ether oxygens (including phenoxy) is 1. The van der Waals surface area contributed by atoms with Crippen LogP contribution in [-0.2, 0) is 15.4 Å². The Bertz CT molecular complexity index is 1590. The van der Waals surface area contributed by atoms with E-state index >= 15 is 0 Å². The van der Waals surface area contributed by atoms with Crippen LogP contribution in [0.15, 0.2) is 77.7 Å². The lowest BCUT2D eigenvalue weighted by Crippen LogP contribution is -2.25. The molecule has 0 spiro atoms. The van der Waals surface area contributed by atoms with Crippen molar-refractivity contribution in [3.63, 3.8) is 0 Å². The lowest BCUT2D eigenvalue weighted by atomic mass is 9.82. The molecule has 0 amide bonds. The van der Waals surface area contributed by atoms with Crippen molar-refractivity contribution in [3.05, 3.63) is 95.1 Å². The van der Waals surface area contributed by atoms with E-state index in [-0.39, 0.29) is 22.1 Å². The maximum absolute atomic E-state index is 13.3. The van der Waals surface area contributed by atoms with Crippen molar-refractivity contribution in [1.29, 1.82) is 0 Å². The minimum absolute atomic E-state index is 0.0399. The third-order valence-electron chi connectivity index (χ3n) is 6.68. The molecular formula is C30H32N4O3S. The Labute approximate surface area is 224 Å². The van der Waals surface area contributed by atoms with Gasteiger partial charge in [0.05, 0.1) is 17.1 Å². The first kappa shape index (κ1) is 25.7. The largest absolute Gasteiger partial charge is 0.467 e. The Morgan fingerprint density at radius 2 is 1.61 bits per heavy atom. The number of fused-ring (bicyclic) bond motifs is 4. The highest BCUT2D eigenvalue weighted by atomic mass is 32.2. The molecule has 1 aliphatic rings. The Morgan fingerprint density at radius 3 is 2.34 bits per heavy atom. The second-order valence-corrected chi connectivity index (χ2v) is 12.3. The first-order valence-corrected chi connectivity index (χ1v) is 14.1. The molecule has 1 unspecified atom stereocenters. The van der Waals surface area contributed by atoms with E-state index in [2.05, 4.69) is 52.9 Å². The van der Waals surface area contributed by atoms with Gasteiger partial charge in [-0.05, 0) is 59.7 Å². The summed E-state index contributed by atoms with van der Waals surface area (Å²) in [6, 6.07) is 22.7. The van der Waals surface area contributed by atoms with Gasteiger partial charge in [0.15, 0.2) is 0 Å². The number of hydrogen-bond donors (Lipinski definition) is 2. The summed E-state index contributed by atoms with van der Waals surface area (Å²) in [5.41, 5.74) is 6.31. The van der Waals surface area contributed by atoms with E-state index in [1.54, 1.807) is 24.3 Å². The lowest BCUT2D eigenvalue weighted by Gasteiger charge is -2.28. The summed E-state index contributed by atoms with van der Waals surface area (Å²) in [4.78, 5) is 9.24. The van der Waals surface area contributed by atoms with E-state index < -0.39 is 16.1 Å². The van der Waals surface area contributed by atoms with Crippen LogP contribution in [0.4, 0.5) is 11.6 Å². The average Bonchev–Trinajstić information content (AvgIpc) is 2.85. The monoisotopic (exact) mass is 528 g/mol. The predicted octanol–water partition coefficient (Wildman–Crippen LogP) is 6.40. The van der Waals surface area contributed by atoms with Crippen LogP contribution < -0.4 is 14.8 Å². The van der Waals surface area contributed by atoms with Crippen molar-refractivity contribution in [3.8, 4) is 17.1 Å². The summed E-state index contributed by atoms with van der Waals surface area (Å²) in [6.45, 7) is 10.9. The van der Waals surface area contributed by atoms with E-state index in [0.717, 1.165) is 27.8 Å². The highest BCUT2D eigenvalue weighted by molar-refractivity contribution is 7.92. The van der Waals surface area contributed by atoms with E-state index in [1.165, 1.54) is 0 Å².